The van der Waals surface area contributed by atoms with Crippen molar-refractivity contribution < 1.29 is 8.42 Å². The molecule has 6 nitrogen and oxygen atoms in total. The molecule has 0 aromatic rings. The van der Waals surface area contributed by atoms with Gasteiger partial charge in [0.25, 0.3) is 0 Å². The van der Waals surface area contributed by atoms with Gasteiger partial charge in [-0.3, -0.25) is 4.99 Å². The number of nitrogens with two attached hydrogens (primary N) is 1. The molecule has 0 aromatic carbocycles. The summed E-state index contributed by atoms with van der Waals surface area (Å²) in [6.07, 6.45) is 0. The van der Waals surface area contributed by atoms with E-state index in [9.17, 15) is 8.42 Å². The first-order valence-corrected chi connectivity index (χ1v) is 9.11. The average Bonchev–Trinajstić information content (AvgIpc) is 2.27. The Bertz CT molecular complexity index is 415. The van der Waals surface area contributed by atoms with Gasteiger partial charge in [0, 0.05) is 30.1 Å². The Labute approximate surface area is 143 Å². The molecule has 9 heteroatoms. The van der Waals surface area contributed by atoms with Gasteiger partial charge in [0.15, 0.2) is 5.96 Å². The molecule has 1 fully saturated rings. The van der Waals surface area contributed by atoms with Gasteiger partial charge in [-0.05, 0) is 20.8 Å². The normalized spacial score (nSPS) is 18.4. The van der Waals surface area contributed by atoms with Crippen LogP contribution in [-0.4, -0.2) is 61.1 Å². The molecular weight excluding hydrogens is 411 g/mol. The van der Waals surface area contributed by atoms with Crippen molar-refractivity contribution in [2.75, 3.05) is 36.9 Å². The zero-order chi connectivity index (χ0) is 14.5. The van der Waals surface area contributed by atoms with Gasteiger partial charge in [0.2, 0.25) is 10.0 Å². The first-order valence-electron chi connectivity index (χ1n) is 6.34. The molecule has 120 valence electrons. The molecule has 0 aromatic heterocycles. The van der Waals surface area contributed by atoms with E-state index >= 15 is 0 Å². The molecule has 1 aliphatic heterocycles. The molecule has 0 amide bonds. The van der Waals surface area contributed by atoms with E-state index in [1.54, 1.807) is 16.1 Å². The fraction of sp³-hybridized carbons (Fsp3) is 0.909. The lowest BCUT2D eigenvalue weighted by Crippen LogP contribution is -2.45. The van der Waals surface area contributed by atoms with Crippen LogP contribution in [0, 0.1) is 0 Å². The van der Waals surface area contributed by atoms with Crippen LogP contribution in [0.15, 0.2) is 4.99 Å². The molecule has 1 heterocycles. The fourth-order valence-electron chi connectivity index (χ4n) is 1.66. The molecule has 20 heavy (non-hydrogen) atoms. The summed E-state index contributed by atoms with van der Waals surface area (Å²) in [6.45, 7) is 7.31. The van der Waals surface area contributed by atoms with Crippen molar-refractivity contribution in [2.45, 2.75) is 26.3 Å². The Morgan fingerprint density at radius 3 is 2.40 bits per heavy atom. The smallest absolute Gasteiger partial charge is 0.215 e. The number of guanidine groups is 1. The molecule has 0 atom stereocenters. The summed E-state index contributed by atoms with van der Waals surface area (Å²) in [6, 6.07) is 0. The highest BCUT2D eigenvalue weighted by atomic mass is 127. The maximum absolute atomic E-state index is 12.0. The molecule has 0 unspecified atom stereocenters. The number of rotatable bonds is 4. The van der Waals surface area contributed by atoms with E-state index in [4.69, 9.17) is 5.73 Å². The van der Waals surface area contributed by atoms with E-state index < -0.39 is 10.0 Å². The quantitative estimate of drug-likeness (QED) is 0.385. The first-order chi connectivity index (χ1) is 8.71. The van der Waals surface area contributed by atoms with E-state index in [1.165, 1.54) is 0 Å². The SMILES string of the molecule is CC(C)(C)NC(N)=NCCS(=O)(=O)N1CCSCC1.I. The molecular formula is C11H25IN4O2S2. The van der Waals surface area contributed by atoms with Crippen LogP contribution in [-0.2, 0) is 10.0 Å². The van der Waals surface area contributed by atoms with Crippen LogP contribution < -0.4 is 11.1 Å². The van der Waals surface area contributed by atoms with E-state index in [-0.39, 0.29) is 47.8 Å². The van der Waals surface area contributed by atoms with Crippen molar-refractivity contribution >= 4 is 51.7 Å². The molecule has 0 radical (unpaired) electrons. The summed E-state index contributed by atoms with van der Waals surface area (Å²) < 4.78 is 25.6. The van der Waals surface area contributed by atoms with Crippen molar-refractivity contribution in [2.24, 2.45) is 10.7 Å². The Kier molecular flexibility index (Phi) is 8.75. The number of nitrogens with zero attached hydrogens (tertiary/aromatic N) is 2. The molecule has 1 aliphatic rings. The Hall–Kier alpha value is 0.260. The number of hydrogen-bond acceptors (Lipinski definition) is 4. The number of sulfonamides is 1. The molecule has 1 saturated heterocycles. The third kappa shape index (κ3) is 7.89. The topological polar surface area (TPSA) is 87.8 Å². The number of halogens is 1. The lowest BCUT2D eigenvalue weighted by atomic mass is 10.1. The molecule has 0 bridgehead atoms. The van der Waals surface area contributed by atoms with E-state index in [1.807, 2.05) is 20.8 Å². The number of thioether (sulfide) groups is 1. The molecule has 1 rings (SSSR count). The first kappa shape index (κ1) is 20.3. The second-order valence-electron chi connectivity index (χ2n) is 5.47. The summed E-state index contributed by atoms with van der Waals surface area (Å²) in [5.41, 5.74) is 5.52. The third-order valence-corrected chi connectivity index (χ3v) is 5.29. The fourth-order valence-corrected chi connectivity index (χ4v) is 4.11. The monoisotopic (exact) mass is 436 g/mol. The Morgan fingerprint density at radius 2 is 1.90 bits per heavy atom. The van der Waals surface area contributed by atoms with Crippen LogP contribution in [0.4, 0.5) is 0 Å². The van der Waals surface area contributed by atoms with Crippen molar-refractivity contribution in [1.29, 1.82) is 0 Å². The van der Waals surface area contributed by atoms with Crippen molar-refractivity contribution in [3.63, 3.8) is 0 Å². The highest BCUT2D eigenvalue weighted by molar-refractivity contribution is 14.0. The van der Waals surface area contributed by atoms with Gasteiger partial charge in [-0.2, -0.15) is 11.8 Å². The van der Waals surface area contributed by atoms with Crippen molar-refractivity contribution in [1.82, 2.24) is 9.62 Å². The zero-order valence-corrected chi connectivity index (χ0v) is 16.2. The van der Waals surface area contributed by atoms with Gasteiger partial charge in [-0.1, -0.05) is 0 Å². The summed E-state index contributed by atoms with van der Waals surface area (Å²) in [5, 5.41) is 3.00. The van der Waals surface area contributed by atoms with E-state index in [0.717, 1.165) is 11.5 Å². The number of hydrogen-bond donors (Lipinski definition) is 2. The van der Waals surface area contributed by atoms with Gasteiger partial charge in [0.1, 0.15) is 0 Å². The predicted molar refractivity (Wildman–Crippen MR) is 97.5 cm³/mol. The largest absolute Gasteiger partial charge is 0.370 e. The van der Waals surface area contributed by atoms with Gasteiger partial charge in [-0.15, -0.1) is 24.0 Å². The standard InChI is InChI=1S/C11H24N4O2S2.HI/c1-11(2,3)14-10(12)13-4-9-19(16,17)15-5-7-18-8-6-15;/h4-9H2,1-3H3,(H3,12,13,14);1H. The highest BCUT2D eigenvalue weighted by Crippen LogP contribution is 2.13. The van der Waals surface area contributed by atoms with Crippen molar-refractivity contribution in [3.05, 3.63) is 0 Å². The van der Waals surface area contributed by atoms with E-state index in [0.29, 0.717) is 13.1 Å². The second kappa shape index (κ2) is 8.64. The Balaban J connectivity index is 0.00000361. The Morgan fingerprint density at radius 1 is 1.35 bits per heavy atom. The molecule has 0 saturated carbocycles. The van der Waals surface area contributed by atoms with Crippen LogP contribution in [0.5, 0.6) is 0 Å². The van der Waals surface area contributed by atoms with Crippen LogP contribution in [0.2, 0.25) is 0 Å². The molecule has 0 spiro atoms. The van der Waals surface area contributed by atoms with Crippen molar-refractivity contribution in [3.8, 4) is 0 Å². The second-order valence-corrected chi connectivity index (χ2v) is 8.78. The molecule has 0 aliphatic carbocycles. The maximum atomic E-state index is 12.0. The average molecular weight is 436 g/mol. The lowest BCUT2D eigenvalue weighted by Gasteiger charge is -2.25. The number of aliphatic imine (C=N–C) groups is 1. The van der Waals surface area contributed by atoms with Crippen LogP contribution in [0.3, 0.4) is 0 Å². The minimum Gasteiger partial charge on any atom is -0.370 e. The third-order valence-electron chi connectivity index (χ3n) is 2.50. The van der Waals surface area contributed by atoms with Gasteiger partial charge in [-0.25, -0.2) is 12.7 Å². The highest BCUT2D eigenvalue weighted by Gasteiger charge is 2.23. The van der Waals surface area contributed by atoms with Crippen LogP contribution >= 0.6 is 35.7 Å². The van der Waals surface area contributed by atoms with Gasteiger partial charge in [0.05, 0.1) is 12.3 Å². The molecule has 3 N–H and O–H groups in total. The maximum Gasteiger partial charge on any atom is 0.215 e. The predicted octanol–water partition coefficient (Wildman–Crippen LogP) is 0.686. The van der Waals surface area contributed by atoms with E-state index in [2.05, 4.69) is 10.3 Å². The summed E-state index contributed by atoms with van der Waals surface area (Å²) in [4.78, 5) is 4.06. The lowest BCUT2D eigenvalue weighted by molar-refractivity contribution is 0.444. The van der Waals surface area contributed by atoms with Crippen LogP contribution in [0.25, 0.3) is 0 Å². The van der Waals surface area contributed by atoms with Gasteiger partial charge >= 0.3 is 0 Å². The zero-order valence-electron chi connectivity index (χ0n) is 12.3. The minimum absolute atomic E-state index is 0. The minimum atomic E-state index is -3.19. The summed E-state index contributed by atoms with van der Waals surface area (Å²) >= 11 is 1.79. The number of nitrogens with one attached hydrogen (secondary N) is 1. The van der Waals surface area contributed by atoms with Gasteiger partial charge < -0.3 is 11.1 Å². The van der Waals surface area contributed by atoms with Crippen LogP contribution in [0.1, 0.15) is 20.8 Å². The summed E-state index contributed by atoms with van der Waals surface area (Å²) in [5.74, 6) is 2.05. The summed E-state index contributed by atoms with van der Waals surface area (Å²) in [7, 11) is -3.19.